The van der Waals surface area contributed by atoms with Crippen molar-refractivity contribution in [1.29, 1.82) is 0 Å². The third kappa shape index (κ3) is 2.44. The van der Waals surface area contributed by atoms with Gasteiger partial charge in [-0.3, -0.25) is 0 Å². The fourth-order valence-electron chi connectivity index (χ4n) is 4.48. The molecule has 26 heavy (non-hydrogen) atoms. The number of benzene rings is 2. The fourth-order valence-corrected chi connectivity index (χ4v) is 4.48. The second kappa shape index (κ2) is 5.99. The summed E-state index contributed by atoms with van der Waals surface area (Å²) >= 11 is 0. The molecule has 2 aliphatic rings. The van der Waals surface area contributed by atoms with Crippen molar-refractivity contribution in [1.82, 2.24) is 0 Å². The number of fused-ring (bicyclic) bond motifs is 4. The van der Waals surface area contributed by atoms with Gasteiger partial charge in [0.05, 0.1) is 12.1 Å². The average molecular weight is 347 g/mol. The first kappa shape index (κ1) is 15.6. The zero-order chi connectivity index (χ0) is 17.7. The Bertz CT molecular complexity index is 1040. The number of aryl methyl sites for hydroxylation is 1. The maximum Gasteiger partial charge on any atom is 0.336 e. The summed E-state index contributed by atoms with van der Waals surface area (Å²) in [6.07, 6.45) is 2.18. The highest BCUT2D eigenvalue weighted by Gasteiger charge is 2.40. The third-order valence-electron chi connectivity index (χ3n) is 5.64. The molecule has 2 aliphatic heterocycles. The van der Waals surface area contributed by atoms with E-state index in [1.54, 1.807) is 6.07 Å². The number of para-hydroxylation sites is 1. The van der Waals surface area contributed by atoms with Crippen LogP contribution in [-0.4, -0.2) is 6.61 Å². The molecule has 3 atom stereocenters. The summed E-state index contributed by atoms with van der Waals surface area (Å²) in [5.74, 6) is 0.296. The molecule has 3 heterocycles. The van der Waals surface area contributed by atoms with Crippen molar-refractivity contribution < 1.29 is 9.15 Å². The van der Waals surface area contributed by atoms with E-state index in [2.05, 4.69) is 35.6 Å². The molecular formula is C22H21NO3. The molecule has 132 valence electrons. The van der Waals surface area contributed by atoms with Crippen molar-refractivity contribution in [2.75, 3.05) is 11.9 Å². The van der Waals surface area contributed by atoms with Crippen LogP contribution in [0.25, 0.3) is 11.0 Å². The fraction of sp³-hybridized carbons (Fsp3) is 0.318. The summed E-state index contributed by atoms with van der Waals surface area (Å²) in [5, 5.41) is 4.68. The van der Waals surface area contributed by atoms with Gasteiger partial charge in [0.2, 0.25) is 0 Å². The minimum atomic E-state index is -0.299. The molecular weight excluding hydrogens is 326 g/mol. The maximum atomic E-state index is 12.2. The van der Waals surface area contributed by atoms with Crippen LogP contribution < -0.4 is 10.9 Å². The van der Waals surface area contributed by atoms with Gasteiger partial charge in [0.1, 0.15) is 5.58 Å². The Morgan fingerprint density at radius 1 is 1.08 bits per heavy atom. The van der Waals surface area contributed by atoms with E-state index in [4.69, 9.17) is 9.15 Å². The lowest BCUT2D eigenvalue weighted by atomic mass is 9.77. The molecule has 2 aromatic carbocycles. The van der Waals surface area contributed by atoms with Gasteiger partial charge in [0, 0.05) is 35.2 Å². The van der Waals surface area contributed by atoms with Gasteiger partial charge in [0.25, 0.3) is 0 Å². The van der Waals surface area contributed by atoms with Gasteiger partial charge in [-0.1, -0.05) is 30.3 Å². The molecule has 1 saturated heterocycles. The summed E-state index contributed by atoms with van der Waals surface area (Å²) in [7, 11) is 0. The Balaban J connectivity index is 1.70. The molecule has 5 rings (SSSR count). The molecule has 0 aliphatic carbocycles. The SMILES string of the molecule is Cc1ccc2c([C@H]3Nc4ccccc4[C@@H]4OCCC[C@H]34)cc(=O)oc2c1. The molecule has 0 amide bonds. The quantitative estimate of drug-likeness (QED) is 0.646. The van der Waals surface area contributed by atoms with Crippen LogP contribution in [0, 0.1) is 12.8 Å². The van der Waals surface area contributed by atoms with Crippen LogP contribution in [0.5, 0.6) is 0 Å². The van der Waals surface area contributed by atoms with Crippen LogP contribution in [0.1, 0.15) is 41.7 Å². The molecule has 4 heteroatoms. The van der Waals surface area contributed by atoms with Crippen LogP contribution >= 0.6 is 0 Å². The largest absolute Gasteiger partial charge is 0.423 e. The number of hydrogen-bond acceptors (Lipinski definition) is 4. The number of rotatable bonds is 1. The minimum absolute atomic E-state index is 0.0320. The predicted octanol–water partition coefficient (Wildman–Crippen LogP) is 4.74. The van der Waals surface area contributed by atoms with Gasteiger partial charge < -0.3 is 14.5 Å². The second-order valence-electron chi connectivity index (χ2n) is 7.33. The van der Waals surface area contributed by atoms with Crippen LogP contribution in [0.3, 0.4) is 0 Å². The van der Waals surface area contributed by atoms with Gasteiger partial charge in [-0.15, -0.1) is 0 Å². The molecule has 0 unspecified atom stereocenters. The zero-order valence-electron chi connectivity index (χ0n) is 14.7. The van der Waals surface area contributed by atoms with Gasteiger partial charge in [0.15, 0.2) is 0 Å². The second-order valence-corrected chi connectivity index (χ2v) is 7.33. The van der Waals surface area contributed by atoms with E-state index < -0.39 is 0 Å². The highest BCUT2D eigenvalue weighted by atomic mass is 16.5. The lowest BCUT2D eigenvalue weighted by Crippen LogP contribution is -2.36. The van der Waals surface area contributed by atoms with E-state index in [1.165, 1.54) is 5.56 Å². The lowest BCUT2D eigenvalue weighted by molar-refractivity contribution is -0.0380. The predicted molar refractivity (Wildman–Crippen MR) is 101 cm³/mol. The Morgan fingerprint density at radius 3 is 2.88 bits per heavy atom. The van der Waals surface area contributed by atoms with Crippen LogP contribution in [-0.2, 0) is 4.74 Å². The van der Waals surface area contributed by atoms with Crippen molar-refractivity contribution in [2.45, 2.75) is 31.9 Å². The standard InChI is InChI=1S/C22H21NO3/c1-13-8-9-14-17(12-20(24)26-19(14)11-13)21-16-6-4-10-25-22(16)15-5-2-3-7-18(15)23-21/h2-3,5,7-9,11-12,16,21-23H,4,6,10H2,1H3/t16-,21+,22+/m1/s1. The van der Waals surface area contributed by atoms with Gasteiger partial charge in [-0.05, 0) is 43.0 Å². The van der Waals surface area contributed by atoms with Gasteiger partial charge in [-0.2, -0.15) is 0 Å². The summed E-state index contributed by atoms with van der Waals surface area (Å²) < 4.78 is 11.6. The van der Waals surface area contributed by atoms with E-state index in [0.29, 0.717) is 11.5 Å². The van der Waals surface area contributed by atoms with Gasteiger partial charge >= 0.3 is 5.63 Å². The molecule has 1 aromatic heterocycles. The molecule has 1 N–H and O–H groups in total. The van der Waals surface area contributed by atoms with E-state index >= 15 is 0 Å². The number of hydrogen-bond donors (Lipinski definition) is 1. The molecule has 4 nitrogen and oxygen atoms in total. The molecule has 3 aromatic rings. The third-order valence-corrected chi connectivity index (χ3v) is 5.64. The van der Waals surface area contributed by atoms with Crippen molar-refractivity contribution in [2.24, 2.45) is 5.92 Å². The molecule has 0 spiro atoms. The normalized spacial score (nSPS) is 24.6. The summed E-state index contributed by atoms with van der Waals surface area (Å²) in [4.78, 5) is 12.2. The molecule has 1 fully saturated rings. The first-order valence-corrected chi connectivity index (χ1v) is 9.22. The van der Waals surface area contributed by atoms with E-state index in [9.17, 15) is 4.79 Å². The highest BCUT2D eigenvalue weighted by Crippen LogP contribution is 2.49. The van der Waals surface area contributed by atoms with E-state index in [1.807, 2.05) is 19.1 Å². The van der Waals surface area contributed by atoms with E-state index in [-0.39, 0.29) is 17.8 Å². The number of ether oxygens (including phenoxy) is 1. The Morgan fingerprint density at radius 2 is 1.96 bits per heavy atom. The summed E-state index contributed by atoms with van der Waals surface area (Å²) in [6, 6.07) is 16.1. The maximum absolute atomic E-state index is 12.2. The summed E-state index contributed by atoms with van der Waals surface area (Å²) in [5.41, 5.74) is 4.75. The van der Waals surface area contributed by atoms with Crippen LogP contribution in [0.15, 0.2) is 57.7 Å². The van der Waals surface area contributed by atoms with Gasteiger partial charge in [-0.25, -0.2) is 4.79 Å². The van der Waals surface area contributed by atoms with Crippen LogP contribution in [0.4, 0.5) is 5.69 Å². The van der Waals surface area contributed by atoms with Crippen LogP contribution in [0.2, 0.25) is 0 Å². The Labute approximate surface area is 151 Å². The van der Waals surface area contributed by atoms with Crippen molar-refractivity contribution in [3.05, 3.63) is 75.6 Å². The number of nitrogens with one attached hydrogen (secondary N) is 1. The van der Waals surface area contributed by atoms with Crippen molar-refractivity contribution in [3.63, 3.8) is 0 Å². The van der Waals surface area contributed by atoms with Crippen molar-refractivity contribution >= 4 is 16.7 Å². The lowest BCUT2D eigenvalue weighted by Gasteiger charge is -2.43. The molecule has 0 bridgehead atoms. The molecule has 0 saturated carbocycles. The topological polar surface area (TPSA) is 51.5 Å². The van der Waals surface area contributed by atoms with E-state index in [0.717, 1.165) is 41.6 Å². The highest BCUT2D eigenvalue weighted by molar-refractivity contribution is 5.82. The average Bonchev–Trinajstić information content (AvgIpc) is 2.66. The summed E-state index contributed by atoms with van der Waals surface area (Å²) in [6.45, 7) is 2.80. The Kier molecular flexibility index (Phi) is 3.61. The number of anilines is 1. The zero-order valence-corrected chi connectivity index (χ0v) is 14.7. The monoisotopic (exact) mass is 347 g/mol. The van der Waals surface area contributed by atoms with Crippen molar-refractivity contribution in [3.8, 4) is 0 Å². The first-order chi connectivity index (χ1) is 12.7. The Hall–Kier alpha value is -2.59. The molecule has 0 radical (unpaired) electrons. The minimum Gasteiger partial charge on any atom is -0.423 e. The smallest absolute Gasteiger partial charge is 0.336 e. The first-order valence-electron chi connectivity index (χ1n) is 9.22.